The molecule has 2 aromatic rings. The topological polar surface area (TPSA) is 80.8 Å². The molecule has 1 aliphatic heterocycles. The van der Waals surface area contributed by atoms with Gasteiger partial charge in [0.2, 0.25) is 10.0 Å². The molecule has 160 valence electrons. The Kier molecular flexibility index (Phi) is 6.90. The first-order valence-corrected chi connectivity index (χ1v) is 11.3. The molecule has 9 heteroatoms. The van der Waals surface area contributed by atoms with Gasteiger partial charge >= 0.3 is 5.97 Å². The van der Waals surface area contributed by atoms with Gasteiger partial charge in [-0.2, -0.15) is 4.31 Å². The molecule has 0 aliphatic carbocycles. The van der Waals surface area contributed by atoms with Crippen LogP contribution in [0.5, 0.6) is 0 Å². The van der Waals surface area contributed by atoms with E-state index in [4.69, 9.17) is 16.3 Å². The molecule has 0 radical (unpaired) electrons. The van der Waals surface area contributed by atoms with Crippen LogP contribution in [-0.2, 0) is 14.8 Å². The third-order valence-corrected chi connectivity index (χ3v) is 7.25. The van der Waals surface area contributed by atoms with Gasteiger partial charge in [-0.05, 0) is 61.2 Å². The van der Waals surface area contributed by atoms with Gasteiger partial charge in [0, 0.05) is 18.7 Å². The van der Waals surface area contributed by atoms with Crippen molar-refractivity contribution in [2.24, 2.45) is 5.92 Å². The number of carbonyl (C=O) groups is 2. The maximum Gasteiger partial charge on any atom is 0.338 e. The number of halogens is 2. The molecule has 1 heterocycles. The normalized spacial score (nSPS) is 17.5. The van der Waals surface area contributed by atoms with Crippen molar-refractivity contribution in [2.45, 2.75) is 24.7 Å². The van der Waals surface area contributed by atoms with Gasteiger partial charge in [0.1, 0.15) is 10.7 Å². The predicted octanol–water partition coefficient (Wildman–Crippen LogP) is 3.94. The standard InChI is InChI=1S/C21H21ClFNO5S/c1-14-3-2-10-24(12-14)30(27,28)20-11-16(6-9-18(20)22)21(26)29-13-19(25)15-4-7-17(23)8-5-15/h4-9,11,14H,2-3,10,12-13H2,1H3. The Morgan fingerprint density at radius 3 is 2.50 bits per heavy atom. The number of hydrogen-bond donors (Lipinski definition) is 0. The van der Waals surface area contributed by atoms with Crippen molar-refractivity contribution >= 4 is 33.4 Å². The molecule has 0 aromatic heterocycles. The zero-order chi connectivity index (χ0) is 21.9. The Balaban J connectivity index is 1.74. The smallest absolute Gasteiger partial charge is 0.338 e. The zero-order valence-corrected chi connectivity index (χ0v) is 17.9. The molecule has 1 atom stereocenters. The summed E-state index contributed by atoms with van der Waals surface area (Å²) >= 11 is 6.12. The van der Waals surface area contributed by atoms with E-state index in [0.29, 0.717) is 13.1 Å². The van der Waals surface area contributed by atoms with Gasteiger partial charge in [-0.1, -0.05) is 18.5 Å². The van der Waals surface area contributed by atoms with E-state index in [1.165, 1.54) is 34.6 Å². The Bertz CT molecular complexity index is 1060. The fourth-order valence-electron chi connectivity index (χ4n) is 3.27. The van der Waals surface area contributed by atoms with Gasteiger partial charge in [-0.3, -0.25) is 4.79 Å². The average molecular weight is 454 g/mol. The van der Waals surface area contributed by atoms with Gasteiger partial charge < -0.3 is 4.74 Å². The van der Waals surface area contributed by atoms with E-state index in [-0.39, 0.29) is 27.0 Å². The molecule has 0 amide bonds. The molecule has 1 fully saturated rings. The summed E-state index contributed by atoms with van der Waals surface area (Å²) in [4.78, 5) is 24.3. The minimum Gasteiger partial charge on any atom is -0.454 e. The molecule has 1 saturated heterocycles. The van der Waals surface area contributed by atoms with Crippen molar-refractivity contribution in [3.05, 3.63) is 64.4 Å². The SMILES string of the molecule is CC1CCCN(S(=O)(=O)c2cc(C(=O)OCC(=O)c3ccc(F)cc3)ccc2Cl)C1. The number of benzene rings is 2. The van der Waals surface area contributed by atoms with Crippen LogP contribution in [0, 0.1) is 11.7 Å². The van der Waals surface area contributed by atoms with Crippen molar-refractivity contribution in [3.8, 4) is 0 Å². The van der Waals surface area contributed by atoms with Crippen molar-refractivity contribution in [3.63, 3.8) is 0 Å². The fraction of sp³-hybridized carbons (Fsp3) is 0.333. The molecular formula is C21H21ClFNO5S. The molecule has 0 saturated carbocycles. The van der Waals surface area contributed by atoms with Crippen LogP contribution in [0.4, 0.5) is 4.39 Å². The molecule has 0 bridgehead atoms. The predicted molar refractivity (Wildman–Crippen MR) is 110 cm³/mol. The minimum absolute atomic E-state index is 0.00663. The molecule has 0 N–H and O–H groups in total. The quantitative estimate of drug-likeness (QED) is 0.489. The lowest BCUT2D eigenvalue weighted by molar-refractivity contribution is 0.0474. The molecule has 0 spiro atoms. The van der Waals surface area contributed by atoms with Crippen LogP contribution in [0.25, 0.3) is 0 Å². The molecule has 30 heavy (non-hydrogen) atoms. The van der Waals surface area contributed by atoms with E-state index in [1.807, 2.05) is 6.92 Å². The van der Waals surface area contributed by atoms with E-state index < -0.39 is 34.2 Å². The Labute approximate surface area is 179 Å². The first-order chi connectivity index (χ1) is 14.2. The van der Waals surface area contributed by atoms with Gasteiger partial charge in [-0.25, -0.2) is 17.6 Å². The van der Waals surface area contributed by atoms with Crippen LogP contribution < -0.4 is 0 Å². The number of nitrogens with zero attached hydrogens (tertiary/aromatic N) is 1. The van der Waals surface area contributed by atoms with E-state index in [1.54, 1.807) is 0 Å². The maximum atomic E-state index is 13.0. The van der Waals surface area contributed by atoms with Crippen LogP contribution >= 0.6 is 11.6 Å². The molecule has 3 rings (SSSR count). The highest BCUT2D eigenvalue weighted by Gasteiger charge is 2.31. The molecular weight excluding hydrogens is 433 g/mol. The van der Waals surface area contributed by atoms with E-state index in [0.717, 1.165) is 25.0 Å². The number of carbonyl (C=O) groups excluding carboxylic acids is 2. The van der Waals surface area contributed by atoms with Gasteiger partial charge in [0.15, 0.2) is 12.4 Å². The lowest BCUT2D eigenvalue weighted by atomic mass is 10.0. The Morgan fingerprint density at radius 2 is 1.83 bits per heavy atom. The van der Waals surface area contributed by atoms with E-state index in [2.05, 4.69) is 0 Å². The second-order valence-corrected chi connectivity index (χ2v) is 9.58. The summed E-state index contributed by atoms with van der Waals surface area (Å²) < 4.78 is 45.4. The first-order valence-electron chi connectivity index (χ1n) is 9.44. The van der Waals surface area contributed by atoms with Gasteiger partial charge in [0.05, 0.1) is 10.6 Å². The molecule has 2 aromatic carbocycles. The highest BCUT2D eigenvalue weighted by molar-refractivity contribution is 7.89. The largest absolute Gasteiger partial charge is 0.454 e. The van der Waals surface area contributed by atoms with Crippen molar-refractivity contribution in [1.82, 2.24) is 4.31 Å². The van der Waals surface area contributed by atoms with Crippen molar-refractivity contribution < 1.29 is 27.1 Å². The maximum absolute atomic E-state index is 13.0. The zero-order valence-electron chi connectivity index (χ0n) is 16.3. The Hall–Kier alpha value is -2.29. The summed E-state index contributed by atoms with van der Waals surface area (Å²) in [7, 11) is -3.87. The summed E-state index contributed by atoms with van der Waals surface area (Å²) in [6, 6.07) is 8.67. The average Bonchev–Trinajstić information content (AvgIpc) is 2.72. The first kappa shape index (κ1) is 22.4. The summed E-state index contributed by atoms with van der Waals surface area (Å²) in [6.45, 7) is 2.21. The fourth-order valence-corrected chi connectivity index (χ4v) is 5.36. The number of sulfonamides is 1. The van der Waals surface area contributed by atoms with Gasteiger partial charge in [-0.15, -0.1) is 0 Å². The van der Waals surface area contributed by atoms with E-state index in [9.17, 15) is 22.4 Å². The number of hydrogen-bond acceptors (Lipinski definition) is 5. The van der Waals surface area contributed by atoms with Crippen LogP contribution in [-0.4, -0.2) is 44.2 Å². The minimum atomic E-state index is -3.87. The molecule has 1 aliphatic rings. The third kappa shape index (κ3) is 5.06. The van der Waals surface area contributed by atoms with Crippen molar-refractivity contribution in [2.75, 3.05) is 19.7 Å². The number of esters is 1. The van der Waals surface area contributed by atoms with Crippen LogP contribution in [0.3, 0.4) is 0 Å². The monoisotopic (exact) mass is 453 g/mol. The summed E-state index contributed by atoms with van der Waals surface area (Å²) in [5.74, 6) is -1.61. The second kappa shape index (κ2) is 9.24. The number of ether oxygens (including phenoxy) is 1. The van der Waals surface area contributed by atoms with Gasteiger partial charge in [0.25, 0.3) is 0 Å². The second-order valence-electron chi connectivity index (χ2n) is 7.26. The summed E-state index contributed by atoms with van der Waals surface area (Å²) in [5.41, 5.74) is 0.165. The third-order valence-electron chi connectivity index (χ3n) is 4.91. The van der Waals surface area contributed by atoms with Crippen LogP contribution in [0.1, 0.15) is 40.5 Å². The lowest BCUT2D eigenvalue weighted by Crippen LogP contribution is -2.39. The summed E-state index contributed by atoms with van der Waals surface area (Å²) in [6.07, 6.45) is 1.71. The lowest BCUT2D eigenvalue weighted by Gasteiger charge is -2.30. The van der Waals surface area contributed by atoms with Crippen LogP contribution in [0.2, 0.25) is 5.02 Å². The number of piperidine rings is 1. The summed E-state index contributed by atoms with van der Waals surface area (Å²) in [5, 5.41) is 0.00663. The number of Topliss-reactive ketones (excluding diaryl/α,β-unsaturated/α-hetero) is 1. The Morgan fingerprint density at radius 1 is 1.17 bits per heavy atom. The molecule has 6 nitrogen and oxygen atoms in total. The molecule has 1 unspecified atom stereocenters. The van der Waals surface area contributed by atoms with Crippen molar-refractivity contribution in [1.29, 1.82) is 0 Å². The van der Waals surface area contributed by atoms with E-state index >= 15 is 0 Å². The highest BCUT2D eigenvalue weighted by atomic mass is 35.5. The van der Waals surface area contributed by atoms with Crippen LogP contribution in [0.15, 0.2) is 47.4 Å². The number of rotatable bonds is 6. The highest BCUT2D eigenvalue weighted by Crippen LogP contribution is 2.29. The number of ketones is 1.